The maximum atomic E-state index is 11.5. The molecular weight excluding hydrogens is 724 g/mol. The van der Waals surface area contributed by atoms with Crippen molar-refractivity contribution >= 4 is 35.2 Å². The maximum absolute atomic E-state index is 11.5. The molecular formula is C42H48N2O12. The third-order valence-electron chi connectivity index (χ3n) is 8.93. The highest BCUT2D eigenvalue weighted by Crippen LogP contribution is 2.38. The van der Waals surface area contributed by atoms with Gasteiger partial charge >= 0.3 is 17.9 Å². The minimum Gasteiger partial charge on any atom is -0.507 e. The average Bonchev–Trinajstić information content (AvgIpc) is 3.18. The second-order valence-electron chi connectivity index (χ2n) is 12.7. The van der Waals surface area contributed by atoms with Gasteiger partial charge in [-0.2, -0.15) is 0 Å². The first-order chi connectivity index (χ1) is 26.9. The highest BCUT2D eigenvalue weighted by molar-refractivity contribution is 6.20. The summed E-state index contributed by atoms with van der Waals surface area (Å²) in [7, 11) is 3.97. The van der Waals surface area contributed by atoms with Crippen molar-refractivity contribution in [2.24, 2.45) is 9.98 Å². The zero-order valence-corrected chi connectivity index (χ0v) is 32.5. The van der Waals surface area contributed by atoms with Gasteiger partial charge in [0.1, 0.15) is 34.5 Å². The van der Waals surface area contributed by atoms with Crippen LogP contribution in [0.3, 0.4) is 0 Å². The van der Waals surface area contributed by atoms with Crippen molar-refractivity contribution in [3.63, 3.8) is 0 Å². The first-order valence-electron chi connectivity index (χ1n) is 18.0. The Morgan fingerprint density at radius 1 is 0.554 bits per heavy atom. The molecule has 0 spiro atoms. The summed E-state index contributed by atoms with van der Waals surface area (Å²) in [6.45, 7) is 5.76. The quantitative estimate of drug-likeness (QED) is 0.0717. The third-order valence-corrected chi connectivity index (χ3v) is 8.93. The molecule has 0 bridgehead atoms. The Bertz CT molecular complexity index is 1970. The summed E-state index contributed by atoms with van der Waals surface area (Å²) in [6, 6.07) is 9.97. The number of phenolic OH excluding ortho intramolecular Hbond substituents is 3. The molecule has 0 unspecified atom stereocenters. The van der Waals surface area contributed by atoms with Crippen LogP contribution in [0.1, 0.15) is 71.9 Å². The molecule has 1 aliphatic heterocycles. The standard InChI is InChI=1S/C42H48N2O12/c1-25-33(54-22-8-13-36(45)51-4)19-16-28(39(25)48)31-11-7-12-32(29-17-20-34(26(2)40(29)49)55-23-9-14-37(46)52-5)44-42(43-31)30-18-21-35(27(3)41(30)50)56-24-10-15-38(47)53-6/h7,11-12,16-21,48-50H,8-10,13-15,22-24H2,1-6H3/b11-7+,12-7?,31-11?,32-12+,43-31+,43-42?,44-32?,44-42-. The van der Waals surface area contributed by atoms with Crippen LogP contribution in [-0.2, 0) is 28.6 Å². The number of carbonyl (C=O) groups excluding carboxylic acids is 3. The summed E-state index contributed by atoms with van der Waals surface area (Å²) in [6.07, 6.45) is 6.87. The molecule has 0 fully saturated rings. The fourth-order valence-corrected chi connectivity index (χ4v) is 5.59. The number of carbonyl (C=O) groups is 3. The number of nitrogens with zero attached hydrogens (tertiary/aromatic N) is 2. The van der Waals surface area contributed by atoms with Gasteiger partial charge in [-0.05, 0) is 88.6 Å². The molecule has 3 aromatic rings. The fraction of sp³-hybridized carbons (Fsp3) is 0.357. The van der Waals surface area contributed by atoms with Gasteiger partial charge in [-0.15, -0.1) is 0 Å². The number of aromatic hydroxyl groups is 3. The highest BCUT2D eigenvalue weighted by Gasteiger charge is 2.22. The Labute approximate surface area is 325 Å². The Kier molecular flexibility index (Phi) is 15.5. The lowest BCUT2D eigenvalue weighted by atomic mass is 10.0. The van der Waals surface area contributed by atoms with Crippen LogP contribution >= 0.6 is 0 Å². The minimum absolute atomic E-state index is 0.0637. The topological polar surface area (TPSA) is 192 Å². The van der Waals surface area contributed by atoms with E-state index >= 15 is 0 Å². The number of hydrogen-bond acceptors (Lipinski definition) is 14. The Hall–Kier alpha value is -6.31. The number of rotatable bonds is 18. The molecule has 0 atom stereocenters. The minimum atomic E-state index is -0.351. The Morgan fingerprint density at radius 3 is 1.39 bits per heavy atom. The van der Waals surface area contributed by atoms with Crippen molar-refractivity contribution < 1.29 is 58.1 Å². The zero-order valence-electron chi connectivity index (χ0n) is 32.5. The monoisotopic (exact) mass is 772 g/mol. The number of methoxy groups -OCH3 is 3. The SMILES string of the molecule is COC(=O)CCCOc1ccc(C2=N/C(c3ccc(OCCCC(=O)OC)c(C)c3O)=C/C=C/C(c3ccc(OCCCC(=O)OC)c(C)c3O)=N\2)c(O)c1C. The molecule has 1 heterocycles. The molecule has 4 rings (SSSR count). The van der Waals surface area contributed by atoms with Gasteiger partial charge in [-0.25, -0.2) is 9.98 Å². The first-order valence-corrected chi connectivity index (χ1v) is 18.0. The maximum Gasteiger partial charge on any atom is 0.305 e. The molecule has 3 aromatic carbocycles. The van der Waals surface area contributed by atoms with Gasteiger partial charge in [-0.1, -0.05) is 6.08 Å². The number of esters is 3. The van der Waals surface area contributed by atoms with E-state index in [-0.39, 0.29) is 85.6 Å². The van der Waals surface area contributed by atoms with Crippen LogP contribution in [0.5, 0.6) is 34.5 Å². The Morgan fingerprint density at radius 2 is 0.946 bits per heavy atom. The summed E-state index contributed by atoms with van der Waals surface area (Å²) in [5.41, 5.74) is 2.90. The predicted octanol–water partition coefficient (Wildman–Crippen LogP) is 6.57. The van der Waals surface area contributed by atoms with E-state index in [4.69, 9.17) is 24.2 Å². The summed E-state index contributed by atoms with van der Waals surface area (Å²) in [5.74, 6) is -0.0480. The second-order valence-corrected chi connectivity index (χ2v) is 12.7. The number of allylic oxidation sites excluding steroid dienone is 3. The van der Waals surface area contributed by atoms with Crippen LogP contribution in [0, 0.1) is 20.8 Å². The largest absolute Gasteiger partial charge is 0.507 e. The number of aliphatic imine (C=N–C) groups is 2. The fourth-order valence-electron chi connectivity index (χ4n) is 5.59. The van der Waals surface area contributed by atoms with Crippen LogP contribution in [0.4, 0.5) is 0 Å². The molecule has 1 aliphatic rings. The molecule has 0 aliphatic carbocycles. The first kappa shape index (κ1) is 42.4. The van der Waals surface area contributed by atoms with E-state index in [0.717, 1.165) is 0 Å². The van der Waals surface area contributed by atoms with Crippen LogP contribution < -0.4 is 14.2 Å². The molecule has 0 saturated carbocycles. The molecule has 56 heavy (non-hydrogen) atoms. The lowest BCUT2D eigenvalue weighted by Crippen LogP contribution is -2.10. The number of amidine groups is 1. The summed E-state index contributed by atoms with van der Waals surface area (Å²) < 4.78 is 31.6. The van der Waals surface area contributed by atoms with E-state index in [9.17, 15) is 29.7 Å². The average molecular weight is 773 g/mol. The van der Waals surface area contributed by atoms with Crippen LogP contribution in [0.25, 0.3) is 5.70 Å². The van der Waals surface area contributed by atoms with E-state index < -0.39 is 0 Å². The van der Waals surface area contributed by atoms with Gasteiger partial charge in [0.2, 0.25) is 0 Å². The van der Waals surface area contributed by atoms with E-state index in [1.165, 1.54) is 21.3 Å². The molecule has 3 N–H and O–H groups in total. The van der Waals surface area contributed by atoms with Crippen LogP contribution in [-0.4, -0.2) is 85.9 Å². The summed E-state index contributed by atoms with van der Waals surface area (Å²) >= 11 is 0. The van der Waals surface area contributed by atoms with Gasteiger partial charge in [0.05, 0.1) is 58.1 Å². The van der Waals surface area contributed by atoms with Crippen molar-refractivity contribution in [3.05, 3.63) is 88.0 Å². The van der Waals surface area contributed by atoms with Crippen molar-refractivity contribution in [1.29, 1.82) is 0 Å². The smallest absolute Gasteiger partial charge is 0.305 e. The number of ether oxygens (including phenoxy) is 6. The highest BCUT2D eigenvalue weighted by atomic mass is 16.5. The Balaban J connectivity index is 1.72. The van der Waals surface area contributed by atoms with Gasteiger partial charge in [0.15, 0.2) is 5.84 Å². The van der Waals surface area contributed by atoms with E-state index in [0.29, 0.717) is 75.7 Å². The zero-order chi connectivity index (χ0) is 40.8. The third kappa shape index (κ3) is 10.9. The lowest BCUT2D eigenvalue weighted by molar-refractivity contribution is -0.141. The molecule has 0 saturated heterocycles. The molecule has 0 aromatic heterocycles. The second kappa shape index (κ2) is 20.4. The summed E-state index contributed by atoms with van der Waals surface area (Å²) in [5, 5.41) is 34.3. The lowest BCUT2D eigenvalue weighted by Gasteiger charge is -2.17. The van der Waals surface area contributed by atoms with Gasteiger partial charge in [0.25, 0.3) is 0 Å². The normalized spacial score (nSPS) is 15.7. The number of benzene rings is 3. The van der Waals surface area contributed by atoms with Crippen molar-refractivity contribution in [2.45, 2.75) is 59.3 Å². The van der Waals surface area contributed by atoms with Gasteiger partial charge in [0, 0.05) is 47.1 Å². The van der Waals surface area contributed by atoms with Crippen LogP contribution in [0.2, 0.25) is 0 Å². The molecule has 0 amide bonds. The van der Waals surface area contributed by atoms with Gasteiger partial charge < -0.3 is 43.7 Å². The van der Waals surface area contributed by atoms with E-state index in [1.54, 1.807) is 75.4 Å². The van der Waals surface area contributed by atoms with Crippen LogP contribution in [0.15, 0.2) is 64.6 Å². The van der Waals surface area contributed by atoms with Crippen molar-refractivity contribution in [2.75, 3.05) is 41.2 Å². The van der Waals surface area contributed by atoms with E-state index in [2.05, 4.69) is 14.2 Å². The van der Waals surface area contributed by atoms with Gasteiger partial charge in [-0.3, -0.25) is 14.4 Å². The molecule has 14 nitrogen and oxygen atoms in total. The predicted molar refractivity (Wildman–Crippen MR) is 209 cm³/mol. The van der Waals surface area contributed by atoms with Crippen molar-refractivity contribution in [3.8, 4) is 34.5 Å². The molecule has 14 heteroatoms. The number of phenols is 3. The van der Waals surface area contributed by atoms with Crippen molar-refractivity contribution in [1.82, 2.24) is 0 Å². The molecule has 298 valence electrons. The summed E-state index contributed by atoms with van der Waals surface area (Å²) in [4.78, 5) is 44.2. The van der Waals surface area contributed by atoms with E-state index in [1.807, 2.05) is 0 Å². The number of hydrogen-bond donors (Lipinski definition) is 3. The molecule has 0 radical (unpaired) electrons.